The molecule has 2 N–H and O–H groups in total. The molecular formula is C24H34N4O3. The van der Waals surface area contributed by atoms with Crippen LogP contribution in [0.25, 0.3) is 0 Å². The Morgan fingerprint density at radius 3 is 2.45 bits per heavy atom. The van der Waals surface area contributed by atoms with Crippen LogP contribution in [0.4, 0.5) is 5.69 Å². The number of ether oxygens (including phenoxy) is 3. The molecule has 0 bridgehead atoms. The van der Waals surface area contributed by atoms with Crippen molar-refractivity contribution in [2.75, 3.05) is 52.8 Å². The standard InChI is InChI=1S/C24H34N4O3/c1-5-31-23-16-18(12-13-22(23)30-4)27-24(25-2)26-17-20(28-14-8-9-15-28)19-10-6-7-11-21(19)29-3/h6-7,10-13,16,20H,5,8-9,14-15,17H2,1-4H3,(H2,25,26,27). The molecule has 0 aliphatic carbocycles. The number of nitrogens with zero attached hydrogens (tertiary/aromatic N) is 2. The minimum Gasteiger partial charge on any atom is -0.496 e. The smallest absolute Gasteiger partial charge is 0.195 e. The van der Waals surface area contributed by atoms with Gasteiger partial charge in [-0.05, 0) is 51.1 Å². The van der Waals surface area contributed by atoms with Gasteiger partial charge in [0.2, 0.25) is 0 Å². The van der Waals surface area contributed by atoms with E-state index in [0.29, 0.717) is 30.6 Å². The molecule has 3 rings (SSSR count). The Bertz CT molecular complexity index is 866. The van der Waals surface area contributed by atoms with Crippen LogP contribution in [0.3, 0.4) is 0 Å². The minimum atomic E-state index is 0.201. The molecule has 1 heterocycles. The summed E-state index contributed by atoms with van der Waals surface area (Å²) in [7, 11) is 5.14. The van der Waals surface area contributed by atoms with Crippen LogP contribution in [-0.4, -0.2) is 58.4 Å². The van der Waals surface area contributed by atoms with Crippen molar-refractivity contribution in [2.24, 2.45) is 4.99 Å². The fraction of sp³-hybridized carbons (Fsp3) is 0.458. The van der Waals surface area contributed by atoms with Gasteiger partial charge >= 0.3 is 0 Å². The number of likely N-dealkylation sites (tertiary alicyclic amines) is 1. The number of rotatable bonds is 9. The third-order valence-electron chi connectivity index (χ3n) is 5.49. The summed E-state index contributed by atoms with van der Waals surface area (Å²) in [6.07, 6.45) is 2.45. The van der Waals surface area contributed by atoms with Gasteiger partial charge in [-0.1, -0.05) is 18.2 Å². The fourth-order valence-corrected chi connectivity index (χ4v) is 3.96. The summed E-state index contributed by atoms with van der Waals surface area (Å²) in [4.78, 5) is 6.92. The van der Waals surface area contributed by atoms with E-state index in [1.54, 1.807) is 21.3 Å². The second-order valence-electron chi connectivity index (χ2n) is 7.38. The molecule has 1 unspecified atom stereocenters. The second kappa shape index (κ2) is 11.5. The molecule has 0 aromatic heterocycles. The minimum absolute atomic E-state index is 0.201. The van der Waals surface area contributed by atoms with Crippen molar-refractivity contribution in [3.63, 3.8) is 0 Å². The van der Waals surface area contributed by atoms with Gasteiger partial charge in [-0.25, -0.2) is 0 Å². The maximum atomic E-state index is 5.69. The normalized spacial score (nSPS) is 15.4. The molecule has 1 aliphatic heterocycles. The maximum Gasteiger partial charge on any atom is 0.195 e. The van der Waals surface area contributed by atoms with E-state index in [4.69, 9.17) is 14.2 Å². The van der Waals surface area contributed by atoms with E-state index >= 15 is 0 Å². The number of benzene rings is 2. The number of nitrogens with one attached hydrogen (secondary N) is 2. The molecule has 1 fully saturated rings. The zero-order chi connectivity index (χ0) is 22.1. The SMILES string of the molecule is CCOc1cc(NC(=NC)NCC(c2ccccc2OC)N2CCCC2)ccc1OC. The Balaban J connectivity index is 1.73. The third-order valence-corrected chi connectivity index (χ3v) is 5.49. The summed E-state index contributed by atoms with van der Waals surface area (Å²) < 4.78 is 16.7. The third kappa shape index (κ3) is 5.82. The van der Waals surface area contributed by atoms with Gasteiger partial charge in [-0.15, -0.1) is 0 Å². The van der Waals surface area contributed by atoms with Crippen molar-refractivity contribution in [3.05, 3.63) is 48.0 Å². The van der Waals surface area contributed by atoms with Gasteiger partial charge in [0.25, 0.3) is 0 Å². The number of aliphatic imine (C=N–C) groups is 1. The first-order chi connectivity index (χ1) is 15.2. The Kier molecular flexibility index (Phi) is 8.41. The van der Waals surface area contributed by atoms with Crippen molar-refractivity contribution in [1.82, 2.24) is 10.2 Å². The van der Waals surface area contributed by atoms with Crippen LogP contribution < -0.4 is 24.8 Å². The van der Waals surface area contributed by atoms with Crippen molar-refractivity contribution >= 4 is 11.6 Å². The lowest BCUT2D eigenvalue weighted by Gasteiger charge is -2.30. The van der Waals surface area contributed by atoms with Crippen LogP contribution in [0, 0.1) is 0 Å². The number of anilines is 1. The van der Waals surface area contributed by atoms with E-state index in [-0.39, 0.29) is 6.04 Å². The zero-order valence-corrected chi connectivity index (χ0v) is 19.0. The summed E-state index contributed by atoms with van der Waals surface area (Å²) in [6.45, 7) is 5.42. The van der Waals surface area contributed by atoms with E-state index in [2.05, 4.69) is 32.7 Å². The highest BCUT2D eigenvalue weighted by atomic mass is 16.5. The van der Waals surface area contributed by atoms with E-state index in [1.807, 2.05) is 37.3 Å². The monoisotopic (exact) mass is 426 g/mol. The molecule has 1 saturated heterocycles. The number of hydrogen-bond donors (Lipinski definition) is 2. The molecule has 168 valence electrons. The molecule has 2 aromatic carbocycles. The van der Waals surface area contributed by atoms with Crippen LogP contribution in [0.15, 0.2) is 47.5 Å². The topological polar surface area (TPSA) is 67.3 Å². The lowest BCUT2D eigenvalue weighted by atomic mass is 10.0. The summed E-state index contributed by atoms with van der Waals surface area (Å²) in [5.41, 5.74) is 2.07. The largest absolute Gasteiger partial charge is 0.496 e. The van der Waals surface area contributed by atoms with Crippen LogP contribution in [-0.2, 0) is 0 Å². The molecule has 0 radical (unpaired) electrons. The van der Waals surface area contributed by atoms with Gasteiger partial charge < -0.3 is 24.8 Å². The van der Waals surface area contributed by atoms with Crippen LogP contribution in [0.5, 0.6) is 17.2 Å². The molecule has 7 heteroatoms. The molecule has 7 nitrogen and oxygen atoms in total. The Morgan fingerprint density at radius 1 is 1.03 bits per heavy atom. The van der Waals surface area contributed by atoms with Crippen LogP contribution in [0.2, 0.25) is 0 Å². The van der Waals surface area contributed by atoms with E-state index in [1.165, 1.54) is 18.4 Å². The molecule has 31 heavy (non-hydrogen) atoms. The summed E-state index contributed by atoms with van der Waals surface area (Å²) in [6, 6.07) is 14.2. The van der Waals surface area contributed by atoms with Crippen molar-refractivity contribution in [3.8, 4) is 17.2 Å². The van der Waals surface area contributed by atoms with E-state index in [0.717, 1.165) is 24.5 Å². The molecule has 1 atom stereocenters. The molecule has 2 aromatic rings. The van der Waals surface area contributed by atoms with Crippen LogP contribution in [0.1, 0.15) is 31.4 Å². The van der Waals surface area contributed by atoms with Gasteiger partial charge in [0.05, 0.1) is 26.9 Å². The van der Waals surface area contributed by atoms with Gasteiger partial charge in [-0.2, -0.15) is 0 Å². The Labute approximate surface area is 185 Å². The fourth-order valence-electron chi connectivity index (χ4n) is 3.96. The number of guanidine groups is 1. The summed E-state index contributed by atoms with van der Waals surface area (Å²) in [5, 5.41) is 6.85. The summed E-state index contributed by atoms with van der Waals surface area (Å²) in [5.74, 6) is 3.03. The molecule has 1 aliphatic rings. The van der Waals surface area contributed by atoms with Gasteiger partial charge in [-0.3, -0.25) is 9.89 Å². The molecular weight excluding hydrogens is 392 g/mol. The van der Waals surface area contributed by atoms with E-state index < -0.39 is 0 Å². The summed E-state index contributed by atoms with van der Waals surface area (Å²) >= 11 is 0. The zero-order valence-electron chi connectivity index (χ0n) is 19.0. The van der Waals surface area contributed by atoms with Crippen molar-refractivity contribution < 1.29 is 14.2 Å². The first-order valence-corrected chi connectivity index (χ1v) is 10.9. The quantitative estimate of drug-likeness (QED) is 0.468. The number of methoxy groups -OCH3 is 2. The first-order valence-electron chi connectivity index (χ1n) is 10.9. The van der Waals surface area contributed by atoms with E-state index in [9.17, 15) is 0 Å². The maximum absolute atomic E-state index is 5.69. The lowest BCUT2D eigenvalue weighted by Crippen LogP contribution is -2.39. The molecule has 0 amide bonds. The van der Waals surface area contributed by atoms with Crippen molar-refractivity contribution in [2.45, 2.75) is 25.8 Å². The highest BCUT2D eigenvalue weighted by molar-refractivity contribution is 5.93. The second-order valence-corrected chi connectivity index (χ2v) is 7.38. The Hall–Kier alpha value is -2.93. The predicted octanol–water partition coefficient (Wildman–Crippen LogP) is 3.93. The molecule has 0 saturated carbocycles. The Morgan fingerprint density at radius 2 is 1.77 bits per heavy atom. The van der Waals surface area contributed by atoms with Gasteiger partial charge in [0, 0.05) is 30.9 Å². The highest BCUT2D eigenvalue weighted by Gasteiger charge is 2.26. The number of hydrogen-bond acceptors (Lipinski definition) is 5. The average molecular weight is 427 g/mol. The van der Waals surface area contributed by atoms with Crippen LogP contribution >= 0.6 is 0 Å². The first kappa shape index (κ1) is 22.7. The number of para-hydroxylation sites is 1. The highest BCUT2D eigenvalue weighted by Crippen LogP contribution is 2.32. The predicted molar refractivity (Wildman–Crippen MR) is 126 cm³/mol. The lowest BCUT2D eigenvalue weighted by molar-refractivity contribution is 0.240. The molecule has 0 spiro atoms. The van der Waals surface area contributed by atoms with Crippen molar-refractivity contribution in [1.29, 1.82) is 0 Å². The van der Waals surface area contributed by atoms with Gasteiger partial charge in [0.1, 0.15) is 5.75 Å². The van der Waals surface area contributed by atoms with Gasteiger partial charge in [0.15, 0.2) is 17.5 Å². The average Bonchev–Trinajstić information content (AvgIpc) is 3.34.